The van der Waals surface area contributed by atoms with Crippen LogP contribution in [0.5, 0.6) is 0 Å². The predicted molar refractivity (Wildman–Crippen MR) is 66.9 cm³/mol. The molecule has 0 spiro atoms. The summed E-state index contributed by atoms with van der Waals surface area (Å²) in [5.41, 5.74) is 1.01. The first-order chi connectivity index (χ1) is 8.66. The third-order valence-electron chi connectivity index (χ3n) is 2.72. The van der Waals surface area contributed by atoms with E-state index in [1.54, 1.807) is 24.7 Å². The SMILES string of the molecule is Cc1cc(=O)c2c(C)nn(-c3ccccn3)c2o1. The molecule has 0 saturated heterocycles. The Labute approximate surface area is 103 Å². The van der Waals surface area contributed by atoms with E-state index < -0.39 is 0 Å². The predicted octanol–water partition coefficient (Wildman–Crippen LogP) is 1.99. The van der Waals surface area contributed by atoms with E-state index in [-0.39, 0.29) is 5.43 Å². The van der Waals surface area contributed by atoms with E-state index in [4.69, 9.17) is 4.42 Å². The zero-order valence-electron chi connectivity index (χ0n) is 10.0. The van der Waals surface area contributed by atoms with Crippen LogP contribution < -0.4 is 5.43 Å². The van der Waals surface area contributed by atoms with Gasteiger partial charge in [0.25, 0.3) is 0 Å². The Morgan fingerprint density at radius 1 is 1.28 bits per heavy atom. The summed E-state index contributed by atoms with van der Waals surface area (Å²) in [5.74, 6) is 1.19. The molecular weight excluding hydrogens is 230 g/mol. The molecule has 0 saturated carbocycles. The molecule has 3 aromatic heterocycles. The van der Waals surface area contributed by atoms with Gasteiger partial charge in [0.2, 0.25) is 5.71 Å². The molecule has 5 nitrogen and oxygen atoms in total. The quantitative estimate of drug-likeness (QED) is 0.653. The Balaban J connectivity index is 2.42. The van der Waals surface area contributed by atoms with Crippen molar-refractivity contribution in [2.45, 2.75) is 13.8 Å². The zero-order chi connectivity index (χ0) is 12.7. The first-order valence-electron chi connectivity index (χ1n) is 5.58. The fraction of sp³-hybridized carbons (Fsp3) is 0.154. The number of hydrogen-bond acceptors (Lipinski definition) is 4. The van der Waals surface area contributed by atoms with Gasteiger partial charge in [-0.15, -0.1) is 0 Å². The van der Waals surface area contributed by atoms with Crippen LogP contribution in [0, 0.1) is 13.8 Å². The van der Waals surface area contributed by atoms with Crippen molar-refractivity contribution in [1.82, 2.24) is 14.8 Å². The fourth-order valence-electron chi connectivity index (χ4n) is 1.96. The zero-order valence-corrected chi connectivity index (χ0v) is 10.0. The Morgan fingerprint density at radius 2 is 2.11 bits per heavy atom. The molecule has 0 aliphatic heterocycles. The van der Waals surface area contributed by atoms with Crippen LogP contribution in [0.4, 0.5) is 0 Å². The number of aryl methyl sites for hydroxylation is 2. The molecule has 0 atom stereocenters. The molecule has 0 fully saturated rings. The minimum absolute atomic E-state index is 0.0755. The highest BCUT2D eigenvalue weighted by molar-refractivity contribution is 5.77. The molecule has 3 aromatic rings. The van der Waals surface area contributed by atoms with Gasteiger partial charge in [0.05, 0.1) is 5.69 Å². The van der Waals surface area contributed by atoms with E-state index in [9.17, 15) is 4.79 Å². The lowest BCUT2D eigenvalue weighted by atomic mass is 10.2. The molecule has 0 aliphatic carbocycles. The molecule has 0 unspecified atom stereocenters. The second-order valence-electron chi connectivity index (χ2n) is 4.09. The average molecular weight is 241 g/mol. The van der Waals surface area contributed by atoms with Crippen molar-refractivity contribution in [3.63, 3.8) is 0 Å². The van der Waals surface area contributed by atoms with Crippen molar-refractivity contribution < 1.29 is 4.42 Å². The van der Waals surface area contributed by atoms with Gasteiger partial charge in [-0.2, -0.15) is 9.78 Å². The van der Waals surface area contributed by atoms with Crippen molar-refractivity contribution in [2.24, 2.45) is 0 Å². The van der Waals surface area contributed by atoms with Gasteiger partial charge in [0, 0.05) is 12.3 Å². The first kappa shape index (κ1) is 10.7. The average Bonchev–Trinajstić information content (AvgIpc) is 2.67. The molecule has 5 heteroatoms. The Hall–Kier alpha value is -2.43. The van der Waals surface area contributed by atoms with Crippen molar-refractivity contribution >= 4 is 11.1 Å². The summed E-state index contributed by atoms with van der Waals surface area (Å²) in [4.78, 5) is 16.1. The van der Waals surface area contributed by atoms with Gasteiger partial charge >= 0.3 is 0 Å². The number of fused-ring (bicyclic) bond motifs is 1. The molecule has 3 rings (SSSR count). The largest absolute Gasteiger partial charge is 0.443 e. The smallest absolute Gasteiger partial charge is 0.235 e. The lowest BCUT2D eigenvalue weighted by Crippen LogP contribution is -2.02. The number of aromatic nitrogens is 3. The molecule has 0 bridgehead atoms. The van der Waals surface area contributed by atoms with Gasteiger partial charge in [0.15, 0.2) is 11.2 Å². The summed E-state index contributed by atoms with van der Waals surface area (Å²) in [6.45, 7) is 3.53. The first-order valence-corrected chi connectivity index (χ1v) is 5.58. The number of nitrogens with zero attached hydrogens (tertiary/aromatic N) is 3. The number of rotatable bonds is 1. The van der Waals surface area contributed by atoms with E-state index in [0.717, 1.165) is 0 Å². The molecular formula is C13H11N3O2. The van der Waals surface area contributed by atoms with Crippen molar-refractivity contribution in [1.29, 1.82) is 0 Å². The third kappa shape index (κ3) is 1.52. The summed E-state index contributed by atoms with van der Waals surface area (Å²) in [6.07, 6.45) is 1.67. The van der Waals surface area contributed by atoms with Crippen molar-refractivity contribution in [3.05, 3.63) is 52.1 Å². The van der Waals surface area contributed by atoms with Gasteiger partial charge in [-0.25, -0.2) is 4.98 Å². The van der Waals surface area contributed by atoms with Crippen molar-refractivity contribution in [3.8, 4) is 5.82 Å². The maximum absolute atomic E-state index is 11.9. The lowest BCUT2D eigenvalue weighted by Gasteiger charge is -2.00. The monoisotopic (exact) mass is 241 g/mol. The number of hydrogen-bond donors (Lipinski definition) is 0. The molecule has 0 radical (unpaired) electrons. The Kier molecular flexibility index (Phi) is 2.26. The summed E-state index contributed by atoms with van der Waals surface area (Å²) in [7, 11) is 0. The minimum Gasteiger partial charge on any atom is -0.443 e. The third-order valence-corrected chi connectivity index (χ3v) is 2.72. The van der Waals surface area contributed by atoms with Crippen LogP contribution >= 0.6 is 0 Å². The van der Waals surface area contributed by atoms with E-state index in [1.807, 2.05) is 18.2 Å². The van der Waals surface area contributed by atoms with Crippen LogP contribution in [0.15, 0.2) is 39.7 Å². The van der Waals surface area contributed by atoms with Gasteiger partial charge in [-0.1, -0.05) is 6.07 Å². The highest BCUT2D eigenvalue weighted by Crippen LogP contribution is 2.18. The molecule has 90 valence electrons. The summed E-state index contributed by atoms with van der Waals surface area (Å²) >= 11 is 0. The highest BCUT2D eigenvalue weighted by atomic mass is 16.3. The minimum atomic E-state index is -0.0755. The second kappa shape index (κ2) is 3.80. The fourth-order valence-corrected chi connectivity index (χ4v) is 1.96. The van der Waals surface area contributed by atoms with Crippen LogP contribution in [-0.4, -0.2) is 14.8 Å². The Morgan fingerprint density at radius 3 is 2.83 bits per heavy atom. The topological polar surface area (TPSA) is 60.9 Å². The van der Waals surface area contributed by atoms with Crippen LogP contribution in [-0.2, 0) is 0 Å². The molecule has 0 aliphatic rings. The maximum atomic E-state index is 11.9. The van der Waals surface area contributed by atoms with Crippen LogP contribution in [0.3, 0.4) is 0 Å². The van der Waals surface area contributed by atoms with Crippen LogP contribution in [0.1, 0.15) is 11.5 Å². The van der Waals surface area contributed by atoms with E-state index in [1.165, 1.54) is 6.07 Å². The Bertz CT molecular complexity index is 772. The second-order valence-corrected chi connectivity index (χ2v) is 4.09. The normalized spacial score (nSPS) is 11.0. The van der Waals surface area contributed by atoms with E-state index in [2.05, 4.69) is 10.1 Å². The van der Waals surface area contributed by atoms with E-state index in [0.29, 0.717) is 28.4 Å². The van der Waals surface area contributed by atoms with Gasteiger partial charge in [0.1, 0.15) is 11.1 Å². The van der Waals surface area contributed by atoms with Crippen LogP contribution in [0.25, 0.3) is 16.9 Å². The molecule has 3 heterocycles. The van der Waals surface area contributed by atoms with E-state index >= 15 is 0 Å². The summed E-state index contributed by atoms with van der Waals surface area (Å²) in [6, 6.07) is 6.97. The number of pyridine rings is 1. The molecule has 0 aromatic carbocycles. The van der Waals surface area contributed by atoms with Gasteiger partial charge in [-0.3, -0.25) is 4.79 Å². The lowest BCUT2D eigenvalue weighted by molar-refractivity contribution is 0.538. The molecule has 0 amide bonds. The van der Waals surface area contributed by atoms with Gasteiger partial charge < -0.3 is 4.42 Å². The highest BCUT2D eigenvalue weighted by Gasteiger charge is 2.15. The van der Waals surface area contributed by atoms with Gasteiger partial charge in [-0.05, 0) is 26.0 Å². The maximum Gasteiger partial charge on any atom is 0.235 e. The molecule has 18 heavy (non-hydrogen) atoms. The molecule has 0 N–H and O–H groups in total. The summed E-state index contributed by atoms with van der Waals surface area (Å²) < 4.78 is 7.16. The van der Waals surface area contributed by atoms with Crippen LogP contribution in [0.2, 0.25) is 0 Å². The standard InChI is InChI=1S/C13H11N3O2/c1-8-7-10(17)12-9(2)15-16(13(12)18-8)11-5-3-4-6-14-11/h3-7H,1-2H3. The summed E-state index contributed by atoms with van der Waals surface area (Å²) in [5, 5.41) is 4.83. The van der Waals surface area contributed by atoms with Crippen molar-refractivity contribution in [2.75, 3.05) is 0 Å².